The van der Waals surface area contributed by atoms with Crippen LogP contribution in [0.1, 0.15) is 51.0 Å². The highest BCUT2D eigenvalue weighted by molar-refractivity contribution is 6.31. The molecule has 1 aliphatic rings. The van der Waals surface area contributed by atoms with Gasteiger partial charge in [-0.25, -0.2) is 4.98 Å². The van der Waals surface area contributed by atoms with E-state index in [0.717, 1.165) is 29.5 Å². The van der Waals surface area contributed by atoms with Gasteiger partial charge in [0.15, 0.2) is 5.65 Å². The van der Waals surface area contributed by atoms with Crippen LogP contribution in [0.5, 0.6) is 0 Å². The Morgan fingerprint density at radius 1 is 1.23 bits per heavy atom. The fraction of sp³-hybridized carbons (Fsp3) is 0.455. The highest BCUT2D eigenvalue weighted by Gasteiger charge is 2.25. The van der Waals surface area contributed by atoms with Gasteiger partial charge in [0.25, 0.3) is 0 Å². The molecule has 1 saturated carbocycles. The second-order valence-electron chi connectivity index (χ2n) is 7.62. The van der Waals surface area contributed by atoms with E-state index in [1.54, 1.807) is 19.3 Å². The molecular formula is C22H26ClN5O2. The minimum atomic E-state index is -0.277. The first kappa shape index (κ1) is 20.6. The van der Waals surface area contributed by atoms with Crippen molar-refractivity contribution in [3.8, 4) is 0 Å². The van der Waals surface area contributed by atoms with Gasteiger partial charge in [0, 0.05) is 22.9 Å². The van der Waals surface area contributed by atoms with Crippen LogP contribution in [-0.4, -0.2) is 38.8 Å². The van der Waals surface area contributed by atoms with Crippen molar-refractivity contribution in [3.63, 3.8) is 0 Å². The lowest BCUT2D eigenvalue weighted by Crippen LogP contribution is -2.32. The largest absolute Gasteiger partial charge is 0.466 e. The van der Waals surface area contributed by atoms with Crippen LogP contribution in [0.25, 0.3) is 11.0 Å². The van der Waals surface area contributed by atoms with Crippen molar-refractivity contribution >= 4 is 40.2 Å². The van der Waals surface area contributed by atoms with E-state index in [1.165, 1.54) is 25.7 Å². The Kier molecular flexibility index (Phi) is 6.47. The molecule has 0 aliphatic heterocycles. The number of H-pyrrole nitrogens is 1. The average Bonchev–Trinajstić information content (AvgIpc) is 3.04. The molecule has 0 radical (unpaired) electrons. The van der Waals surface area contributed by atoms with Gasteiger partial charge in [0.2, 0.25) is 5.95 Å². The topological polar surface area (TPSA) is 84.0 Å². The molecule has 3 aromatic rings. The summed E-state index contributed by atoms with van der Waals surface area (Å²) in [4.78, 5) is 23.4. The van der Waals surface area contributed by atoms with Gasteiger partial charge >= 0.3 is 5.97 Å². The summed E-state index contributed by atoms with van der Waals surface area (Å²) in [6, 6.07) is 6.08. The number of benzene rings is 1. The molecule has 2 heterocycles. The highest BCUT2D eigenvalue weighted by Crippen LogP contribution is 2.34. The number of carbonyl (C=O) groups is 1. The third-order valence-electron chi connectivity index (χ3n) is 5.54. The number of halogens is 1. The molecule has 0 atom stereocenters. The third kappa shape index (κ3) is 4.56. The predicted octanol–water partition coefficient (Wildman–Crippen LogP) is 4.97. The first-order chi connectivity index (χ1) is 14.7. The molecule has 158 valence electrons. The maximum atomic E-state index is 11.9. The van der Waals surface area contributed by atoms with Crippen LogP contribution in [0.4, 0.5) is 11.6 Å². The van der Waals surface area contributed by atoms with Crippen molar-refractivity contribution in [3.05, 3.63) is 41.2 Å². The van der Waals surface area contributed by atoms with E-state index >= 15 is 0 Å². The van der Waals surface area contributed by atoms with E-state index in [1.807, 2.05) is 18.2 Å². The van der Waals surface area contributed by atoms with E-state index in [-0.39, 0.29) is 12.4 Å². The van der Waals surface area contributed by atoms with E-state index in [4.69, 9.17) is 21.3 Å². The number of nitrogens with zero attached hydrogens (tertiary/aromatic N) is 4. The fourth-order valence-corrected chi connectivity index (χ4v) is 4.29. The number of rotatable bonds is 6. The van der Waals surface area contributed by atoms with E-state index in [0.29, 0.717) is 29.3 Å². The number of fused-ring (bicyclic) bond motifs is 1. The summed E-state index contributed by atoms with van der Waals surface area (Å²) in [5.74, 6) is 0.355. The van der Waals surface area contributed by atoms with Gasteiger partial charge in [-0.05, 0) is 37.5 Å². The Balaban J connectivity index is 1.69. The number of aromatic nitrogens is 4. The quantitative estimate of drug-likeness (QED) is 0.441. The number of esters is 1. The Hall–Kier alpha value is -2.67. The average molecular weight is 428 g/mol. The van der Waals surface area contributed by atoms with E-state index in [9.17, 15) is 4.79 Å². The second-order valence-corrected chi connectivity index (χ2v) is 8.02. The van der Waals surface area contributed by atoms with Gasteiger partial charge in [0.05, 0.1) is 24.6 Å². The summed E-state index contributed by atoms with van der Waals surface area (Å²) in [5, 5.41) is 8.41. The SMILES string of the molecule is CCOC(=O)Cc1ccc(N(c2ncc3cn[nH]c3n2)C2CCCCCC2)cc1Cl. The fourth-order valence-electron chi connectivity index (χ4n) is 4.05. The van der Waals surface area contributed by atoms with Crippen LogP contribution in [0.3, 0.4) is 0 Å². The smallest absolute Gasteiger partial charge is 0.310 e. The van der Waals surface area contributed by atoms with Crippen LogP contribution in [0, 0.1) is 0 Å². The number of carbonyl (C=O) groups excluding carboxylic acids is 1. The zero-order chi connectivity index (χ0) is 20.9. The molecule has 2 aromatic heterocycles. The lowest BCUT2D eigenvalue weighted by atomic mass is 10.1. The maximum absolute atomic E-state index is 11.9. The molecule has 0 spiro atoms. The molecule has 0 bridgehead atoms. The number of aromatic amines is 1. The molecule has 30 heavy (non-hydrogen) atoms. The summed E-state index contributed by atoms with van der Waals surface area (Å²) in [7, 11) is 0. The van der Waals surface area contributed by atoms with Gasteiger partial charge in [-0.2, -0.15) is 10.1 Å². The van der Waals surface area contributed by atoms with Gasteiger partial charge in [-0.15, -0.1) is 0 Å². The van der Waals surface area contributed by atoms with Crippen molar-refractivity contribution in [2.45, 2.75) is 57.9 Å². The molecule has 1 aliphatic carbocycles. The summed E-state index contributed by atoms with van der Waals surface area (Å²) in [5.41, 5.74) is 2.40. The zero-order valence-electron chi connectivity index (χ0n) is 17.1. The standard InChI is InChI=1S/C22H26ClN5O2/c1-2-30-20(29)11-15-9-10-18(12-19(15)23)28(17-7-5-3-4-6-8-17)22-24-13-16-14-25-27-21(16)26-22/h9-10,12-14,17H,2-8,11H2,1H3,(H,24,25,26,27). The number of nitrogens with one attached hydrogen (secondary N) is 1. The van der Waals surface area contributed by atoms with E-state index in [2.05, 4.69) is 20.1 Å². The highest BCUT2D eigenvalue weighted by atomic mass is 35.5. The molecule has 1 fully saturated rings. The van der Waals surface area contributed by atoms with Crippen LogP contribution < -0.4 is 4.90 Å². The van der Waals surface area contributed by atoms with Gasteiger partial charge in [-0.3, -0.25) is 9.89 Å². The van der Waals surface area contributed by atoms with Crippen LogP contribution in [0.2, 0.25) is 5.02 Å². The Bertz CT molecular complexity index is 1010. The zero-order valence-corrected chi connectivity index (χ0v) is 17.9. The molecule has 0 unspecified atom stereocenters. The monoisotopic (exact) mass is 427 g/mol. The number of ether oxygens (including phenoxy) is 1. The van der Waals surface area contributed by atoms with Crippen LogP contribution in [0.15, 0.2) is 30.6 Å². The Labute approximate surface area is 180 Å². The van der Waals surface area contributed by atoms with Gasteiger partial charge in [0.1, 0.15) is 0 Å². The van der Waals surface area contributed by atoms with Gasteiger partial charge < -0.3 is 9.64 Å². The van der Waals surface area contributed by atoms with Crippen molar-refractivity contribution in [1.82, 2.24) is 20.2 Å². The predicted molar refractivity (Wildman–Crippen MR) is 117 cm³/mol. The summed E-state index contributed by atoms with van der Waals surface area (Å²) in [6.45, 7) is 2.15. The molecule has 0 saturated heterocycles. The molecule has 0 amide bonds. The van der Waals surface area contributed by atoms with Crippen LogP contribution >= 0.6 is 11.6 Å². The summed E-state index contributed by atoms with van der Waals surface area (Å²) < 4.78 is 5.05. The molecule has 1 aromatic carbocycles. The number of hydrogen-bond donors (Lipinski definition) is 1. The minimum Gasteiger partial charge on any atom is -0.466 e. The lowest BCUT2D eigenvalue weighted by Gasteiger charge is -2.31. The number of anilines is 2. The van der Waals surface area contributed by atoms with Crippen molar-refractivity contribution in [1.29, 1.82) is 0 Å². The molecular weight excluding hydrogens is 402 g/mol. The number of hydrogen-bond acceptors (Lipinski definition) is 6. The van der Waals surface area contributed by atoms with Gasteiger partial charge in [-0.1, -0.05) is 43.4 Å². The van der Waals surface area contributed by atoms with Crippen molar-refractivity contribution in [2.75, 3.05) is 11.5 Å². The van der Waals surface area contributed by atoms with Crippen LogP contribution in [-0.2, 0) is 16.0 Å². The molecule has 8 heteroatoms. The molecule has 7 nitrogen and oxygen atoms in total. The normalized spacial score (nSPS) is 15.1. The summed E-state index contributed by atoms with van der Waals surface area (Å²) >= 11 is 6.56. The second kappa shape index (κ2) is 9.43. The minimum absolute atomic E-state index is 0.160. The van der Waals surface area contributed by atoms with E-state index < -0.39 is 0 Å². The summed E-state index contributed by atoms with van der Waals surface area (Å²) in [6.07, 6.45) is 10.7. The molecule has 1 N–H and O–H groups in total. The Morgan fingerprint density at radius 2 is 2.03 bits per heavy atom. The maximum Gasteiger partial charge on any atom is 0.310 e. The third-order valence-corrected chi connectivity index (χ3v) is 5.89. The first-order valence-electron chi connectivity index (χ1n) is 10.5. The molecule has 4 rings (SSSR count). The lowest BCUT2D eigenvalue weighted by molar-refractivity contribution is -0.142. The van der Waals surface area contributed by atoms with Crippen molar-refractivity contribution < 1.29 is 9.53 Å². The van der Waals surface area contributed by atoms with Crippen molar-refractivity contribution in [2.24, 2.45) is 0 Å². The Morgan fingerprint density at radius 3 is 2.77 bits per heavy atom. The first-order valence-corrected chi connectivity index (χ1v) is 10.9.